The number of carbonyl (C=O) groups excluding carboxylic acids is 1. The Morgan fingerprint density at radius 3 is 2.55 bits per heavy atom. The van der Waals surface area contributed by atoms with Crippen LogP contribution in [0.15, 0.2) is 24.3 Å². The average molecular weight is 278 g/mol. The Labute approximate surface area is 121 Å². The first-order valence-electron chi connectivity index (χ1n) is 7.17. The van der Waals surface area contributed by atoms with Crippen molar-refractivity contribution in [2.24, 2.45) is 5.73 Å². The zero-order valence-electron chi connectivity index (χ0n) is 12.8. The third-order valence-electron chi connectivity index (χ3n) is 3.25. The van der Waals surface area contributed by atoms with Crippen molar-refractivity contribution in [3.8, 4) is 0 Å². The summed E-state index contributed by atoms with van der Waals surface area (Å²) in [7, 11) is 1.62. The van der Waals surface area contributed by atoms with Gasteiger partial charge < -0.3 is 15.4 Å². The summed E-state index contributed by atoms with van der Waals surface area (Å²) in [6.07, 6.45) is 1.48. The molecule has 0 heterocycles. The molecule has 1 atom stereocenters. The molecule has 0 fully saturated rings. The van der Waals surface area contributed by atoms with Crippen molar-refractivity contribution < 1.29 is 9.53 Å². The molecule has 1 aromatic rings. The molecule has 0 aliphatic rings. The van der Waals surface area contributed by atoms with Crippen molar-refractivity contribution >= 4 is 5.91 Å². The zero-order valence-corrected chi connectivity index (χ0v) is 12.8. The van der Waals surface area contributed by atoms with E-state index in [9.17, 15) is 4.79 Å². The van der Waals surface area contributed by atoms with Crippen molar-refractivity contribution in [1.29, 1.82) is 0 Å². The molecule has 4 nitrogen and oxygen atoms in total. The third kappa shape index (κ3) is 5.31. The van der Waals surface area contributed by atoms with E-state index in [1.807, 2.05) is 4.90 Å². The van der Waals surface area contributed by atoms with E-state index in [0.29, 0.717) is 19.6 Å². The number of methoxy groups -OCH3 is 1. The van der Waals surface area contributed by atoms with Gasteiger partial charge in [0.2, 0.25) is 5.91 Å². The van der Waals surface area contributed by atoms with Gasteiger partial charge in [-0.1, -0.05) is 36.8 Å². The van der Waals surface area contributed by atoms with E-state index in [1.165, 1.54) is 5.56 Å². The van der Waals surface area contributed by atoms with Crippen LogP contribution in [0.2, 0.25) is 0 Å². The van der Waals surface area contributed by atoms with Crippen LogP contribution < -0.4 is 5.73 Å². The lowest BCUT2D eigenvalue weighted by Gasteiger charge is -2.25. The molecular formula is C16H26N2O2. The second-order valence-corrected chi connectivity index (χ2v) is 5.13. The molecule has 112 valence electrons. The van der Waals surface area contributed by atoms with Crippen LogP contribution in [0.25, 0.3) is 0 Å². The first-order valence-corrected chi connectivity index (χ1v) is 7.17. The molecule has 2 N–H and O–H groups in total. The lowest BCUT2D eigenvalue weighted by Crippen LogP contribution is -2.44. The van der Waals surface area contributed by atoms with Gasteiger partial charge in [0.1, 0.15) is 0 Å². The number of hydrogen-bond donors (Lipinski definition) is 1. The highest BCUT2D eigenvalue weighted by molar-refractivity contribution is 5.81. The highest BCUT2D eigenvalue weighted by Crippen LogP contribution is 2.09. The third-order valence-corrected chi connectivity index (χ3v) is 3.25. The number of aryl methyl sites for hydroxylation is 1. The standard InChI is InChI=1S/C16H26N2O2/c1-4-10-18(16(19)15(17)9-11-20-3)12-14-7-5-13(2)6-8-14/h5-8,15H,4,9-12,17H2,1-3H3. The zero-order chi connectivity index (χ0) is 15.0. The maximum Gasteiger partial charge on any atom is 0.239 e. The molecule has 0 aliphatic carbocycles. The highest BCUT2D eigenvalue weighted by atomic mass is 16.5. The first kappa shape index (κ1) is 16.7. The number of amides is 1. The Balaban J connectivity index is 2.67. The number of ether oxygens (including phenoxy) is 1. The van der Waals surface area contributed by atoms with Gasteiger partial charge in [0.05, 0.1) is 6.04 Å². The van der Waals surface area contributed by atoms with Crippen LogP contribution in [0.1, 0.15) is 30.9 Å². The largest absolute Gasteiger partial charge is 0.385 e. The predicted octanol–water partition coefficient (Wildman–Crippen LogP) is 2.10. The van der Waals surface area contributed by atoms with Gasteiger partial charge >= 0.3 is 0 Å². The summed E-state index contributed by atoms with van der Waals surface area (Å²) in [4.78, 5) is 14.2. The summed E-state index contributed by atoms with van der Waals surface area (Å²) in [5, 5.41) is 0. The smallest absolute Gasteiger partial charge is 0.239 e. The van der Waals surface area contributed by atoms with Crippen LogP contribution in [0.3, 0.4) is 0 Å². The van der Waals surface area contributed by atoms with Gasteiger partial charge in [-0.15, -0.1) is 0 Å². The van der Waals surface area contributed by atoms with Crippen molar-refractivity contribution in [3.05, 3.63) is 35.4 Å². The topological polar surface area (TPSA) is 55.6 Å². The molecule has 0 bridgehead atoms. The molecule has 0 radical (unpaired) electrons. The second kappa shape index (κ2) is 8.72. The summed E-state index contributed by atoms with van der Waals surface area (Å²) < 4.78 is 4.98. The molecule has 4 heteroatoms. The molecule has 20 heavy (non-hydrogen) atoms. The predicted molar refractivity (Wildman–Crippen MR) is 81.4 cm³/mol. The number of benzene rings is 1. The molecular weight excluding hydrogens is 252 g/mol. The first-order chi connectivity index (χ1) is 9.58. The number of nitrogens with two attached hydrogens (primary N) is 1. The Kier molecular flexibility index (Phi) is 7.26. The number of nitrogens with zero attached hydrogens (tertiary/aromatic N) is 1. The van der Waals surface area contributed by atoms with Crippen LogP contribution in [-0.2, 0) is 16.1 Å². The normalized spacial score (nSPS) is 12.2. The van der Waals surface area contributed by atoms with Crippen LogP contribution in [-0.4, -0.2) is 37.1 Å². The molecule has 1 aromatic carbocycles. The van der Waals surface area contributed by atoms with E-state index < -0.39 is 6.04 Å². The molecule has 0 saturated carbocycles. The van der Waals surface area contributed by atoms with Crippen LogP contribution in [0.5, 0.6) is 0 Å². The second-order valence-electron chi connectivity index (χ2n) is 5.13. The number of carbonyl (C=O) groups is 1. The van der Waals surface area contributed by atoms with Gasteiger partial charge in [-0.3, -0.25) is 4.79 Å². The number of hydrogen-bond acceptors (Lipinski definition) is 3. The Morgan fingerprint density at radius 2 is 2.00 bits per heavy atom. The molecule has 0 saturated heterocycles. The van der Waals surface area contributed by atoms with E-state index in [4.69, 9.17) is 10.5 Å². The quantitative estimate of drug-likeness (QED) is 0.792. The SMILES string of the molecule is CCCN(Cc1ccc(C)cc1)C(=O)C(N)CCOC. The van der Waals surface area contributed by atoms with Crippen molar-refractivity contribution in [1.82, 2.24) is 4.90 Å². The monoisotopic (exact) mass is 278 g/mol. The molecule has 1 rings (SSSR count). The van der Waals surface area contributed by atoms with Crippen molar-refractivity contribution in [2.45, 2.75) is 39.3 Å². The van der Waals surface area contributed by atoms with Crippen molar-refractivity contribution in [2.75, 3.05) is 20.3 Å². The molecule has 1 unspecified atom stereocenters. The van der Waals surface area contributed by atoms with E-state index in [0.717, 1.165) is 18.5 Å². The lowest BCUT2D eigenvalue weighted by molar-refractivity contribution is -0.133. The van der Waals surface area contributed by atoms with Gasteiger partial charge in [0.15, 0.2) is 0 Å². The molecule has 0 aromatic heterocycles. The molecule has 1 amide bonds. The molecule has 0 spiro atoms. The molecule has 0 aliphatic heterocycles. The summed E-state index contributed by atoms with van der Waals surface area (Å²) in [6.45, 7) is 5.98. The van der Waals surface area contributed by atoms with Crippen LogP contribution in [0.4, 0.5) is 0 Å². The van der Waals surface area contributed by atoms with Gasteiger partial charge in [0.25, 0.3) is 0 Å². The summed E-state index contributed by atoms with van der Waals surface area (Å²) >= 11 is 0. The van der Waals surface area contributed by atoms with Crippen LogP contribution >= 0.6 is 0 Å². The fraction of sp³-hybridized carbons (Fsp3) is 0.562. The van der Waals surface area contributed by atoms with Gasteiger partial charge in [-0.25, -0.2) is 0 Å². The Hall–Kier alpha value is -1.39. The van der Waals surface area contributed by atoms with E-state index in [-0.39, 0.29) is 5.91 Å². The maximum atomic E-state index is 12.4. The highest BCUT2D eigenvalue weighted by Gasteiger charge is 2.20. The lowest BCUT2D eigenvalue weighted by atomic mass is 10.1. The summed E-state index contributed by atoms with van der Waals surface area (Å²) in [6, 6.07) is 7.77. The van der Waals surface area contributed by atoms with Gasteiger partial charge in [-0.2, -0.15) is 0 Å². The van der Waals surface area contributed by atoms with E-state index in [1.54, 1.807) is 7.11 Å². The fourth-order valence-electron chi connectivity index (χ4n) is 2.05. The average Bonchev–Trinajstić information content (AvgIpc) is 2.45. The number of rotatable bonds is 8. The maximum absolute atomic E-state index is 12.4. The minimum absolute atomic E-state index is 0.00414. The summed E-state index contributed by atoms with van der Waals surface area (Å²) in [5.74, 6) is 0.00414. The fourth-order valence-corrected chi connectivity index (χ4v) is 2.05. The Morgan fingerprint density at radius 1 is 1.35 bits per heavy atom. The minimum Gasteiger partial charge on any atom is -0.385 e. The van der Waals surface area contributed by atoms with Gasteiger partial charge in [0, 0.05) is 26.8 Å². The van der Waals surface area contributed by atoms with Crippen LogP contribution in [0, 0.1) is 6.92 Å². The van der Waals surface area contributed by atoms with E-state index in [2.05, 4.69) is 38.1 Å². The van der Waals surface area contributed by atoms with Crippen molar-refractivity contribution in [3.63, 3.8) is 0 Å². The van der Waals surface area contributed by atoms with E-state index >= 15 is 0 Å². The minimum atomic E-state index is -0.480. The summed E-state index contributed by atoms with van der Waals surface area (Å²) in [5.41, 5.74) is 8.30. The Bertz CT molecular complexity index is 403. The van der Waals surface area contributed by atoms with Gasteiger partial charge in [-0.05, 0) is 25.3 Å².